The van der Waals surface area contributed by atoms with Gasteiger partial charge in [-0.1, -0.05) is 51.1 Å². The van der Waals surface area contributed by atoms with Crippen LogP contribution in [0, 0.1) is 0 Å². The Labute approximate surface area is 183 Å². The molecule has 0 saturated carbocycles. The standard InChI is InChI=1S/C27H40N2O/c1-7-21-16-17-25(28-6)24(19-21)27(5,8-2)18-12-14-22-13-11-15-23(20-26(22)30)29(9-3)10-4/h11-12,14-17,19-20,28,30H,7-10,13,18H2,1-6H3/b14-12+. The minimum atomic E-state index is 0.0407. The van der Waals surface area contributed by atoms with Gasteiger partial charge in [0.15, 0.2) is 0 Å². The molecular formula is C27H40N2O. The molecule has 0 radical (unpaired) electrons. The number of nitrogens with one attached hydrogen (secondary N) is 1. The molecular weight excluding hydrogens is 368 g/mol. The molecule has 0 heterocycles. The quantitative estimate of drug-likeness (QED) is 0.442. The predicted octanol–water partition coefficient (Wildman–Crippen LogP) is 6.90. The summed E-state index contributed by atoms with van der Waals surface area (Å²) < 4.78 is 0. The average Bonchev–Trinajstić information content (AvgIpc) is 2.95. The molecule has 164 valence electrons. The SMILES string of the molecule is CCc1ccc(NC)c(C(C)(CC)C/C=C/C2=C(O)C=C(N(CC)CC)C=CC2)c1. The van der Waals surface area contributed by atoms with Crippen LogP contribution in [-0.2, 0) is 11.8 Å². The van der Waals surface area contributed by atoms with Gasteiger partial charge in [0.1, 0.15) is 5.76 Å². The molecule has 3 heteroatoms. The number of aliphatic hydroxyl groups excluding tert-OH is 1. The van der Waals surface area contributed by atoms with Gasteiger partial charge in [0.25, 0.3) is 0 Å². The fourth-order valence-electron chi connectivity index (χ4n) is 4.07. The van der Waals surface area contributed by atoms with E-state index in [-0.39, 0.29) is 5.41 Å². The summed E-state index contributed by atoms with van der Waals surface area (Å²) in [6, 6.07) is 6.77. The number of benzene rings is 1. The Morgan fingerprint density at radius 2 is 1.90 bits per heavy atom. The van der Waals surface area contributed by atoms with E-state index in [0.717, 1.165) is 50.0 Å². The first-order chi connectivity index (χ1) is 14.4. The summed E-state index contributed by atoms with van der Waals surface area (Å²) in [6.45, 7) is 13.0. The van der Waals surface area contributed by atoms with Gasteiger partial charge in [0.05, 0.1) is 0 Å². The molecule has 1 aromatic rings. The number of allylic oxidation sites excluding steroid dienone is 6. The third-order valence-corrected chi connectivity index (χ3v) is 6.45. The molecule has 0 aromatic heterocycles. The van der Waals surface area contributed by atoms with Gasteiger partial charge in [0, 0.05) is 37.6 Å². The molecule has 1 aliphatic carbocycles. The van der Waals surface area contributed by atoms with Crippen molar-refractivity contribution in [2.24, 2.45) is 0 Å². The van der Waals surface area contributed by atoms with Gasteiger partial charge in [0.2, 0.25) is 0 Å². The molecule has 0 bridgehead atoms. The summed E-state index contributed by atoms with van der Waals surface area (Å²) in [5, 5.41) is 14.1. The smallest absolute Gasteiger partial charge is 0.121 e. The van der Waals surface area contributed by atoms with Crippen molar-refractivity contribution in [1.29, 1.82) is 0 Å². The van der Waals surface area contributed by atoms with E-state index in [9.17, 15) is 5.11 Å². The maximum atomic E-state index is 10.7. The van der Waals surface area contributed by atoms with E-state index in [1.807, 2.05) is 13.1 Å². The van der Waals surface area contributed by atoms with E-state index >= 15 is 0 Å². The average molecular weight is 409 g/mol. The van der Waals surface area contributed by atoms with Gasteiger partial charge in [-0.3, -0.25) is 0 Å². The highest BCUT2D eigenvalue weighted by molar-refractivity contribution is 5.56. The lowest BCUT2D eigenvalue weighted by Gasteiger charge is -2.30. The van der Waals surface area contributed by atoms with E-state index in [2.05, 4.69) is 87.3 Å². The molecule has 0 aliphatic heterocycles. The maximum absolute atomic E-state index is 10.7. The number of hydrogen-bond donors (Lipinski definition) is 2. The second-order valence-electron chi connectivity index (χ2n) is 8.26. The van der Waals surface area contributed by atoms with E-state index in [1.54, 1.807) is 0 Å². The zero-order valence-electron chi connectivity index (χ0n) is 19.8. The second kappa shape index (κ2) is 11.1. The van der Waals surface area contributed by atoms with Crippen LogP contribution >= 0.6 is 0 Å². The molecule has 30 heavy (non-hydrogen) atoms. The molecule has 0 fully saturated rings. The van der Waals surface area contributed by atoms with Crippen molar-refractivity contribution in [3.63, 3.8) is 0 Å². The Hall–Kier alpha value is -2.42. The maximum Gasteiger partial charge on any atom is 0.121 e. The number of likely N-dealkylation sites (N-methyl/N-ethyl adjacent to an activating group) is 1. The molecule has 3 nitrogen and oxygen atoms in total. The fourth-order valence-corrected chi connectivity index (χ4v) is 4.07. The number of nitrogens with zero attached hydrogens (tertiary/aromatic N) is 1. The number of hydrogen-bond acceptors (Lipinski definition) is 3. The Morgan fingerprint density at radius 3 is 2.50 bits per heavy atom. The van der Waals surface area contributed by atoms with E-state index < -0.39 is 0 Å². The Bertz CT molecular complexity index is 827. The van der Waals surface area contributed by atoms with E-state index in [0.29, 0.717) is 5.76 Å². The fraction of sp³-hybridized carbons (Fsp3) is 0.481. The van der Waals surface area contributed by atoms with Crippen molar-refractivity contribution >= 4 is 5.69 Å². The summed E-state index contributed by atoms with van der Waals surface area (Å²) >= 11 is 0. The van der Waals surface area contributed by atoms with Crippen LogP contribution in [0.15, 0.2) is 65.6 Å². The first-order valence-corrected chi connectivity index (χ1v) is 11.4. The molecule has 0 amide bonds. The van der Waals surface area contributed by atoms with E-state index in [4.69, 9.17) is 0 Å². The van der Waals surface area contributed by atoms with Crippen LogP contribution in [0.3, 0.4) is 0 Å². The topological polar surface area (TPSA) is 35.5 Å². The lowest BCUT2D eigenvalue weighted by Crippen LogP contribution is -2.22. The summed E-state index contributed by atoms with van der Waals surface area (Å²) in [5.41, 5.74) is 6.04. The largest absolute Gasteiger partial charge is 0.508 e. The molecule has 1 aliphatic rings. The highest BCUT2D eigenvalue weighted by Gasteiger charge is 2.26. The molecule has 0 spiro atoms. The highest BCUT2D eigenvalue weighted by Crippen LogP contribution is 2.37. The lowest BCUT2D eigenvalue weighted by atomic mass is 9.75. The molecule has 2 rings (SSSR count). The summed E-state index contributed by atoms with van der Waals surface area (Å²) in [6.07, 6.45) is 14.3. The van der Waals surface area contributed by atoms with Gasteiger partial charge in [-0.2, -0.15) is 0 Å². The first-order valence-electron chi connectivity index (χ1n) is 11.4. The third kappa shape index (κ3) is 5.59. The van der Waals surface area contributed by atoms with Crippen LogP contribution in [0.1, 0.15) is 65.0 Å². The van der Waals surface area contributed by atoms with Gasteiger partial charge in [-0.15, -0.1) is 0 Å². The van der Waals surface area contributed by atoms with Crippen molar-refractivity contribution in [1.82, 2.24) is 4.90 Å². The van der Waals surface area contributed by atoms with Crippen LogP contribution in [0.2, 0.25) is 0 Å². The Kier molecular flexibility index (Phi) is 8.83. The van der Waals surface area contributed by atoms with Crippen molar-refractivity contribution in [3.8, 4) is 0 Å². The van der Waals surface area contributed by atoms with Crippen LogP contribution in [0.25, 0.3) is 0 Å². The zero-order valence-corrected chi connectivity index (χ0v) is 19.8. The van der Waals surface area contributed by atoms with Crippen molar-refractivity contribution in [2.45, 2.75) is 65.7 Å². The van der Waals surface area contributed by atoms with Crippen molar-refractivity contribution < 1.29 is 5.11 Å². The number of aryl methyl sites for hydroxylation is 1. The Balaban J connectivity index is 2.28. The van der Waals surface area contributed by atoms with Crippen LogP contribution < -0.4 is 5.32 Å². The van der Waals surface area contributed by atoms with Crippen LogP contribution in [0.4, 0.5) is 5.69 Å². The molecule has 1 unspecified atom stereocenters. The molecule has 0 saturated heterocycles. The van der Waals surface area contributed by atoms with E-state index in [1.165, 1.54) is 16.8 Å². The minimum Gasteiger partial charge on any atom is -0.508 e. The Morgan fingerprint density at radius 1 is 1.17 bits per heavy atom. The molecule has 1 atom stereocenters. The number of aliphatic hydroxyl groups is 1. The lowest BCUT2D eigenvalue weighted by molar-refractivity contribution is 0.384. The highest BCUT2D eigenvalue weighted by atomic mass is 16.3. The van der Waals surface area contributed by atoms with Gasteiger partial charge in [-0.25, -0.2) is 0 Å². The number of rotatable bonds is 10. The minimum absolute atomic E-state index is 0.0407. The third-order valence-electron chi connectivity index (χ3n) is 6.45. The zero-order chi connectivity index (χ0) is 22.1. The summed E-state index contributed by atoms with van der Waals surface area (Å²) in [5.74, 6) is 0.375. The van der Waals surface area contributed by atoms with Crippen LogP contribution in [-0.4, -0.2) is 30.1 Å². The first kappa shape index (κ1) is 23.9. The van der Waals surface area contributed by atoms with Gasteiger partial charge < -0.3 is 15.3 Å². The molecule has 1 aromatic carbocycles. The predicted molar refractivity (Wildman–Crippen MR) is 131 cm³/mol. The normalized spacial score (nSPS) is 16.4. The van der Waals surface area contributed by atoms with Crippen molar-refractivity contribution in [2.75, 3.05) is 25.5 Å². The van der Waals surface area contributed by atoms with Gasteiger partial charge in [-0.05, 0) is 73.8 Å². The van der Waals surface area contributed by atoms with Gasteiger partial charge >= 0.3 is 0 Å². The monoisotopic (exact) mass is 408 g/mol. The number of anilines is 1. The second-order valence-corrected chi connectivity index (χ2v) is 8.26. The summed E-state index contributed by atoms with van der Waals surface area (Å²) in [7, 11) is 2.00. The van der Waals surface area contributed by atoms with Crippen molar-refractivity contribution in [3.05, 3.63) is 76.7 Å². The summed E-state index contributed by atoms with van der Waals surface area (Å²) in [4.78, 5) is 2.26. The van der Waals surface area contributed by atoms with Crippen LogP contribution in [0.5, 0.6) is 0 Å². The molecule has 2 N–H and O–H groups in total.